The van der Waals surface area contributed by atoms with Gasteiger partial charge in [-0.15, -0.1) is 0 Å². The summed E-state index contributed by atoms with van der Waals surface area (Å²) in [7, 11) is 2.10. The maximum Gasteiger partial charge on any atom is 0.287 e. The Balaban J connectivity index is 2.09. The maximum atomic E-state index is 10.7. The maximum absolute atomic E-state index is 10.7. The van der Waals surface area contributed by atoms with E-state index in [0.29, 0.717) is 12.1 Å². The Morgan fingerprint density at radius 1 is 1.56 bits per heavy atom. The molecule has 16 heavy (non-hydrogen) atoms. The number of rotatable bonds is 1. The lowest BCUT2D eigenvalue weighted by atomic mass is 9.98. The molecule has 2 atom stereocenters. The Kier molecular flexibility index (Phi) is 1.97. The summed E-state index contributed by atoms with van der Waals surface area (Å²) in [5.41, 5.74) is 2.22. The largest absolute Gasteiger partial charge is 0.296 e. The first-order chi connectivity index (χ1) is 7.66. The third-order valence-corrected chi connectivity index (χ3v) is 3.83. The molecule has 0 spiro atoms. The van der Waals surface area contributed by atoms with E-state index in [0.717, 1.165) is 24.1 Å². The van der Waals surface area contributed by atoms with Gasteiger partial charge in [0.05, 0.1) is 4.92 Å². The van der Waals surface area contributed by atoms with Crippen molar-refractivity contribution < 1.29 is 4.92 Å². The van der Waals surface area contributed by atoms with Gasteiger partial charge in [0.2, 0.25) is 0 Å². The third-order valence-electron chi connectivity index (χ3n) is 3.83. The van der Waals surface area contributed by atoms with Crippen molar-refractivity contribution in [3.8, 4) is 0 Å². The highest BCUT2D eigenvalue weighted by molar-refractivity contribution is 5.39. The van der Waals surface area contributed by atoms with Gasteiger partial charge >= 0.3 is 0 Å². The average molecular weight is 219 g/mol. The number of fused-ring (bicyclic) bond motifs is 4. The molecule has 1 aromatic heterocycles. The Labute approximate surface area is 93.2 Å². The molecule has 3 rings (SSSR count). The number of likely N-dealkylation sites (N-methyl/N-ethyl adjacent to an activating group) is 1. The van der Waals surface area contributed by atoms with Crippen LogP contribution < -0.4 is 0 Å². The molecule has 3 heterocycles. The van der Waals surface area contributed by atoms with Gasteiger partial charge in [-0.1, -0.05) is 0 Å². The van der Waals surface area contributed by atoms with Crippen molar-refractivity contribution in [1.82, 2.24) is 9.88 Å². The SMILES string of the molecule is CN1[C@H]2CC[C@@H]1c1cc([N+](=O)[O-])cnc1C2. The van der Waals surface area contributed by atoms with Gasteiger partial charge in [-0.05, 0) is 25.5 Å². The summed E-state index contributed by atoms with van der Waals surface area (Å²) in [4.78, 5) is 16.9. The molecule has 1 aromatic rings. The van der Waals surface area contributed by atoms with Gasteiger partial charge in [-0.2, -0.15) is 0 Å². The van der Waals surface area contributed by atoms with Crippen molar-refractivity contribution in [2.75, 3.05) is 7.05 Å². The van der Waals surface area contributed by atoms with Gasteiger partial charge in [0.15, 0.2) is 0 Å². The number of aromatic nitrogens is 1. The molecule has 0 N–H and O–H groups in total. The summed E-state index contributed by atoms with van der Waals surface area (Å²) in [5, 5.41) is 10.7. The molecule has 0 aromatic carbocycles. The molecule has 2 aliphatic rings. The number of nitrogens with zero attached hydrogens (tertiary/aromatic N) is 3. The number of pyridine rings is 1. The molecule has 0 unspecified atom stereocenters. The van der Waals surface area contributed by atoms with Gasteiger partial charge in [-0.25, -0.2) is 0 Å². The first-order valence-electron chi connectivity index (χ1n) is 5.52. The van der Waals surface area contributed by atoms with Crippen LogP contribution in [0.1, 0.15) is 30.1 Å². The number of hydrogen-bond acceptors (Lipinski definition) is 4. The Hall–Kier alpha value is -1.49. The summed E-state index contributed by atoms with van der Waals surface area (Å²) in [6.07, 6.45) is 4.58. The molecule has 0 aliphatic carbocycles. The van der Waals surface area contributed by atoms with Crippen LogP contribution in [0, 0.1) is 10.1 Å². The lowest BCUT2D eigenvalue weighted by Crippen LogP contribution is -2.34. The van der Waals surface area contributed by atoms with E-state index in [-0.39, 0.29) is 10.6 Å². The van der Waals surface area contributed by atoms with Gasteiger partial charge in [0.25, 0.3) is 5.69 Å². The Morgan fingerprint density at radius 2 is 2.38 bits per heavy atom. The topological polar surface area (TPSA) is 59.3 Å². The van der Waals surface area contributed by atoms with Crippen LogP contribution in [-0.2, 0) is 6.42 Å². The van der Waals surface area contributed by atoms with Crippen LogP contribution in [0.15, 0.2) is 12.3 Å². The minimum atomic E-state index is -0.367. The van der Waals surface area contributed by atoms with E-state index in [4.69, 9.17) is 0 Å². The van der Waals surface area contributed by atoms with E-state index < -0.39 is 0 Å². The molecule has 0 saturated carbocycles. The quantitative estimate of drug-likeness (QED) is 0.532. The summed E-state index contributed by atoms with van der Waals surface area (Å²) in [5.74, 6) is 0. The van der Waals surface area contributed by atoms with E-state index in [1.165, 1.54) is 12.6 Å². The lowest BCUT2D eigenvalue weighted by molar-refractivity contribution is -0.385. The Bertz CT molecular complexity index is 461. The molecule has 5 heteroatoms. The van der Waals surface area contributed by atoms with Gasteiger partial charge in [0, 0.05) is 30.3 Å². The average Bonchev–Trinajstić information content (AvgIpc) is 2.52. The molecule has 84 valence electrons. The summed E-state index contributed by atoms with van der Waals surface area (Å²) < 4.78 is 0. The highest BCUT2D eigenvalue weighted by Crippen LogP contribution is 2.42. The second-order valence-electron chi connectivity index (χ2n) is 4.60. The molecular formula is C11H13N3O2. The van der Waals surface area contributed by atoms with Crippen LogP contribution in [0.25, 0.3) is 0 Å². The molecule has 1 fully saturated rings. The molecule has 0 radical (unpaired) electrons. The van der Waals surface area contributed by atoms with E-state index >= 15 is 0 Å². The molecule has 2 bridgehead atoms. The van der Waals surface area contributed by atoms with Crippen molar-refractivity contribution in [2.45, 2.75) is 31.3 Å². The zero-order valence-corrected chi connectivity index (χ0v) is 9.09. The standard InChI is InChI=1S/C11H13N3O2/c1-13-7-2-3-11(13)9-4-8(14(15)16)6-12-10(9)5-7/h4,6-7,11H,2-3,5H2,1H3/t7-,11+/m0/s1. The van der Waals surface area contributed by atoms with Crippen molar-refractivity contribution in [3.63, 3.8) is 0 Å². The van der Waals surface area contributed by atoms with E-state index in [2.05, 4.69) is 16.9 Å². The zero-order valence-electron chi connectivity index (χ0n) is 9.09. The van der Waals surface area contributed by atoms with Crippen molar-refractivity contribution >= 4 is 5.69 Å². The normalized spacial score (nSPS) is 27.8. The molecule has 1 saturated heterocycles. The number of nitro groups is 1. The van der Waals surface area contributed by atoms with E-state index in [1.807, 2.05) is 0 Å². The molecular weight excluding hydrogens is 206 g/mol. The van der Waals surface area contributed by atoms with E-state index in [1.54, 1.807) is 6.07 Å². The molecule has 0 amide bonds. The van der Waals surface area contributed by atoms with Crippen molar-refractivity contribution in [3.05, 3.63) is 33.6 Å². The minimum Gasteiger partial charge on any atom is -0.296 e. The third kappa shape index (κ3) is 1.24. The second kappa shape index (κ2) is 3.25. The summed E-state index contributed by atoms with van der Waals surface area (Å²) >= 11 is 0. The Morgan fingerprint density at radius 3 is 3.12 bits per heavy atom. The summed E-state index contributed by atoms with van der Waals surface area (Å²) in [6, 6.07) is 2.61. The van der Waals surface area contributed by atoms with Crippen LogP contribution >= 0.6 is 0 Å². The highest BCUT2D eigenvalue weighted by atomic mass is 16.6. The summed E-state index contributed by atoms with van der Waals surface area (Å²) in [6.45, 7) is 0. The molecule has 5 nitrogen and oxygen atoms in total. The minimum absolute atomic E-state index is 0.109. The highest BCUT2D eigenvalue weighted by Gasteiger charge is 2.38. The van der Waals surface area contributed by atoms with Gasteiger partial charge in [0.1, 0.15) is 6.20 Å². The van der Waals surface area contributed by atoms with Crippen LogP contribution in [0.4, 0.5) is 5.69 Å². The van der Waals surface area contributed by atoms with Gasteiger partial charge < -0.3 is 0 Å². The first-order valence-corrected chi connectivity index (χ1v) is 5.52. The predicted molar refractivity (Wildman–Crippen MR) is 58.1 cm³/mol. The monoisotopic (exact) mass is 219 g/mol. The second-order valence-corrected chi connectivity index (χ2v) is 4.60. The van der Waals surface area contributed by atoms with Crippen LogP contribution in [-0.4, -0.2) is 27.9 Å². The first kappa shape index (κ1) is 9.72. The smallest absolute Gasteiger partial charge is 0.287 e. The zero-order chi connectivity index (χ0) is 11.3. The number of hydrogen-bond donors (Lipinski definition) is 0. The fourth-order valence-corrected chi connectivity index (χ4v) is 2.91. The van der Waals surface area contributed by atoms with Crippen LogP contribution in [0.5, 0.6) is 0 Å². The van der Waals surface area contributed by atoms with E-state index in [9.17, 15) is 10.1 Å². The van der Waals surface area contributed by atoms with Gasteiger partial charge in [-0.3, -0.25) is 20.0 Å². The van der Waals surface area contributed by atoms with Crippen LogP contribution in [0.3, 0.4) is 0 Å². The molecule has 2 aliphatic heterocycles. The van der Waals surface area contributed by atoms with Crippen molar-refractivity contribution in [1.29, 1.82) is 0 Å². The van der Waals surface area contributed by atoms with Crippen LogP contribution in [0.2, 0.25) is 0 Å². The predicted octanol–water partition coefficient (Wildman–Crippen LogP) is 1.68. The van der Waals surface area contributed by atoms with Crippen molar-refractivity contribution in [2.24, 2.45) is 0 Å². The fourth-order valence-electron chi connectivity index (χ4n) is 2.91. The lowest BCUT2D eigenvalue weighted by Gasteiger charge is -2.32. The fraction of sp³-hybridized carbons (Fsp3) is 0.545.